The second-order valence-corrected chi connectivity index (χ2v) is 8.20. The molecule has 0 spiro atoms. The van der Waals surface area contributed by atoms with Crippen molar-refractivity contribution in [3.05, 3.63) is 59.2 Å². The fraction of sp³-hybridized carbons (Fsp3) is 0.381. The average molecular weight is 404 g/mol. The fourth-order valence-corrected chi connectivity index (χ4v) is 2.98. The van der Waals surface area contributed by atoms with E-state index in [0.29, 0.717) is 5.69 Å². The van der Waals surface area contributed by atoms with Gasteiger partial charge in [0.2, 0.25) is 0 Å². The Morgan fingerprint density at radius 3 is 2.21 bits per heavy atom. The molecular formula is C21H24BF3N2O2. The van der Waals surface area contributed by atoms with Gasteiger partial charge in [0, 0.05) is 5.56 Å². The summed E-state index contributed by atoms with van der Waals surface area (Å²) < 4.78 is 51.0. The summed E-state index contributed by atoms with van der Waals surface area (Å²) in [6.07, 6.45) is -4.44. The van der Waals surface area contributed by atoms with Crippen molar-refractivity contribution >= 4 is 24.1 Å². The minimum absolute atomic E-state index is 0.000165. The molecule has 1 heterocycles. The molecule has 154 valence electrons. The van der Waals surface area contributed by atoms with Crippen LogP contribution in [-0.2, 0) is 15.5 Å². The van der Waals surface area contributed by atoms with Gasteiger partial charge in [-0.15, -0.1) is 0 Å². The molecule has 0 aromatic heterocycles. The van der Waals surface area contributed by atoms with E-state index in [1.165, 1.54) is 12.1 Å². The van der Waals surface area contributed by atoms with E-state index >= 15 is 0 Å². The van der Waals surface area contributed by atoms with Crippen molar-refractivity contribution in [3.63, 3.8) is 0 Å². The van der Waals surface area contributed by atoms with Crippen LogP contribution < -0.4 is 11.2 Å². The molecule has 8 heteroatoms. The number of nitrogens with two attached hydrogens (primary N) is 1. The molecule has 0 unspecified atom stereocenters. The molecule has 0 aliphatic carbocycles. The normalized spacial score (nSPS) is 18.9. The number of benzene rings is 2. The van der Waals surface area contributed by atoms with Gasteiger partial charge in [-0.2, -0.15) is 13.2 Å². The van der Waals surface area contributed by atoms with E-state index in [1.54, 1.807) is 12.1 Å². The van der Waals surface area contributed by atoms with Crippen molar-refractivity contribution in [2.24, 2.45) is 10.7 Å². The Balaban J connectivity index is 1.93. The smallest absolute Gasteiger partial charge is 0.399 e. The molecule has 3 rings (SSSR count). The maximum absolute atomic E-state index is 12.9. The third kappa shape index (κ3) is 4.33. The monoisotopic (exact) mass is 404 g/mol. The third-order valence-electron chi connectivity index (χ3n) is 5.51. The first-order chi connectivity index (χ1) is 13.3. The molecule has 1 aliphatic rings. The minimum Gasteiger partial charge on any atom is -0.399 e. The number of hydrogen-bond donors (Lipinski definition) is 1. The zero-order valence-electron chi connectivity index (χ0n) is 17.1. The summed E-state index contributed by atoms with van der Waals surface area (Å²) in [6.45, 7) is 9.81. The van der Waals surface area contributed by atoms with Gasteiger partial charge in [-0.1, -0.05) is 23.8 Å². The lowest BCUT2D eigenvalue weighted by molar-refractivity contribution is -0.137. The maximum atomic E-state index is 12.9. The van der Waals surface area contributed by atoms with Crippen LogP contribution in [0.4, 0.5) is 18.9 Å². The Morgan fingerprint density at radius 2 is 1.62 bits per heavy atom. The van der Waals surface area contributed by atoms with Crippen LogP contribution >= 0.6 is 0 Å². The molecule has 4 nitrogen and oxygen atoms in total. The van der Waals surface area contributed by atoms with E-state index in [1.807, 2.05) is 40.7 Å². The lowest BCUT2D eigenvalue weighted by Gasteiger charge is -2.32. The van der Waals surface area contributed by atoms with Gasteiger partial charge < -0.3 is 15.0 Å². The van der Waals surface area contributed by atoms with Crippen molar-refractivity contribution in [2.45, 2.75) is 52.0 Å². The van der Waals surface area contributed by atoms with Gasteiger partial charge in [0.05, 0.1) is 22.5 Å². The van der Waals surface area contributed by atoms with Gasteiger partial charge >= 0.3 is 13.3 Å². The molecule has 0 saturated carbocycles. The molecule has 2 aromatic rings. The van der Waals surface area contributed by atoms with Crippen LogP contribution in [-0.4, -0.2) is 24.2 Å². The predicted octanol–water partition coefficient (Wildman–Crippen LogP) is 4.35. The van der Waals surface area contributed by atoms with Crippen molar-refractivity contribution in [3.8, 4) is 0 Å². The number of rotatable bonds is 3. The molecule has 0 amide bonds. The second kappa shape index (κ2) is 7.18. The number of aryl methyl sites for hydroxylation is 1. The summed E-state index contributed by atoms with van der Waals surface area (Å²) in [4.78, 5) is 4.31. The minimum atomic E-state index is -4.44. The van der Waals surface area contributed by atoms with Crippen LogP contribution in [0.25, 0.3) is 0 Å². The van der Waals surface area contributed by atoms with Gasteiger partial charge in [0.1, 0.15) is 5.84 Å². The molecule has 2 aromatic carbocycles. The molecule has 2 N–H and O–H groups in total. The highest BCUT2D eigenvalue weighted by atomic mass is 19.4. The van der Waals surface area contributed by atoms with Crippen LogP contribution in [0.5, 0.6) is 0 Å². The number of aliphatic imine (C=N–C) groups is 1. The highest BCUT2D eigenvalue weighted by Gasteiger charge is 2.52. The standard InChI is InChI=1S/C21H24BF3N2O2/c1-13-9-10-16(12-17(13)22-28-19(2,3)20(4,5)29-22)27-18(26)14-7-6-8-15(11-14)21(23,24)25/h6-12H,1-5H3,(H2,26,27). The van der Waals surface area contributed by atoms with E-state index in [2.05, 4.69) is 4.99 Å². The molecule has 0 bridgehead atoms. The number of alkyl halides is 3. The second-order valence-electron chi connectivity index (χ2n) is 8.20. The van der Waals surface area contributed by atoms with Crippen LogP contribution in [0.2, 0.25) is 0 Å². The molecule has 1 aliphatic heterocycles. The number of halogens is 3. The summed E-state index contributed by atoms with van der Waals surface area (Å²) in [6, 6.07) is 10.2. The number of hydrogen-bond acceptors (Lipinski definition) is 3. The Morgan fingerprint density at radius 1 is 1.00 bits per heavy atom. The molecule has 29 heavy (non-hydrogen) atoms. The van der Waals surface area contributed by atoms with Gasteiger partial charge in [0.25, 0.3) is 0 Å². The third-order valence-corrected chi connectivity index (χ3v) is 5.51. The summed E-state index contributed by atoms with van der Waals surface area (Å²) in [5.41, 5.74) is 6.73. The SMILES string of the molecule is Cc1ccc(N=C(N)c2cccc(C(F)(F)F)c2)cc1B1OC(C)(C)C(C)(C)O1. The van der Waals surface area contributed by atoms with E-state index in [4.69, 9.17) is 15.0 Å². The molecule has 0 atom stereocenters. The first kappa shape index (κ1) is 21.4. The molecule has 1 fully saturated rings. The first-order valence-corrected chi connectivity index (χ1v) is 9.28. The molecular weight excluding hydrogens is 380 g/mol. The van der Waals surface area contributed by atoms with Crippen molar-refractivity contribution in [1.82, 2.24) is 0 Å². The highest BCUT2D eigenvalue weighted by Crippen LogP contribution is 2.37. The molecule has 1 saturated heterocycles. The molecule has 0 radical (unpaired) electrons. The maximum Gasteiger partial charge on any atom is 0.495 e. The highest BCUT2D eigenvalue weighted by molar-refractivity contribution is 6.62. The lowest BCUT2D eigenvalue weighted by Crippen LogP contribution is -2.41. The van der Waals surface area contributed by atoms with Gasteiger partial charge in [-0.25, -0.2) is 4.99 Å². The van der Waals surface area contributed by atoms with Crippen LogP contribution in [0.1, 0.15) is 44.4 Å². The Kier molecular flexibility index (Phi) is 5.30. The first-order valence-electron chi connectivity index (χ1n) is 9.28. The van der Waals surface area contributed by atoms with Crippen LogP contribution in [0, 0.1) is 6.92 Å². The zero-order valence-corrected chi connectivity index (χ0v) is 17.1. The van der Waals surface area contributed by atoms with Crippen LogP contribution in [0.3, 0.4) is 0 Å². The lowest BCUT2D eigenvalue weighted by atomic mass is 9.76. The number of amidine groups is 1. The van der Waals surface area contributed by atoms with Gasteiger partial charge in [-0.05, 0) is 64.3 Å². The van der Waals surface area contributed by atoms with Gasteiger partial charge in [0.15, 0.2) is 0 Å². The Labute approximate surface area is 169 Å². The Bertz CT molecular complexity index is 939. The quantitative estimate of drug-likeness (QED) is 0.470. The van der Waals surface area contributed by atoms with Crippen LogP contribution in [0.15, 0.2) is 47.5 Å². The summed E-state index contributed by atoms with van der Waals surface area (Å²) >= 11 is 0. The van der Waals surface area contributed by atoms with E-state index in [0.717, 1.165) is 23.2 Å². The van der Waals surface area contributed by atoms with Crippen molar-refractivity contribution in [2.75, 3.05) is 0 Å². The summed E-state index contributed by atoms with van der Waals surface area (Å²) in [5.74, 6) is -0.000165. The van der Waals surface area contributed by atoms with Gasteiger partial charge in [-0.3, -0.25) is 0 Å². The van der Waals surface area contributed by atoms with E-state index in [-0.39, 0.29) is 11.4 Å². The summed E-state index contributed by atoms with van der Waals surface area (Å²) in [5, 5.41) is 0. The summed E-state index contributed by atoms with van der Waals surface area (Å²) in [7, 11) is -0.565. The Hall–Kier alpha value is -2.32. The predicted molar refractivity (Wildman–Crippen MR) is 109 cm³/mol. The average Bonchev–Trinajstić information content (AvgIpc) is 2.83. The van der Waals surface area contributed by atoms with Crippen molar-refractivity contribution < 1.29 is 22.5 Å². The van der Waals surface area contributed by atoms with Crippen molar-refractivity contribution in [1.29, 1.82) is 0 Å². The number of nitrogens with zero attached hydrogens (tertiary/aromatic N) is 1. The van der Waals surface area contributed by atoms with E-state index in [9.17, 15) is 13.2 Å². The largest absolute Gasteiger partial charge is 0.495 e. The van der Waals surface area contributed by atoms with E-state index < -0.39 is 30.1 Å². The topological polar surface area (TPSA) is 56.8 Å². The fourth-order valence-electron chi connectivity index (χ4n) is 2.98. The zero-order chi connectivity index (χ0) is 21.6.